The van der Waals surface area contributed by atoms with Crippen molar-refractivity contribution in [1.82, 2.24) is 9.80 Å². The second-order valence-corrected chi connectivity index (χ2v) is 10.9. The number of nitrogens with zero attached hydrogens (tertiary/aromatic N) is 2. The normalized spacial score (nSPS) is 34.1. The Morgan fingerprint density at radius 2 is 1.59 bits per heavy atom. The molecule has 0 radical (unpaired) electrons. The second kappa shape index (κ2) is 8.79. The summed E-state index contributed by atoms with van der Waals surface area (Å²) in [5, 5.41) is 0. The lowest BCUT2D eigenvalue weighted by molar-refractivity contribution is -0.0290. The van der Waals surface area contributed by atoms with E-state index < -0.39 is 6.08 Å². The van der Waals surface area contributed by atoms with Gasteiger partial charge in [0.05, 0.1) is 36.5 Å². The van der Waals surface area contributed by atoms with Crippen molar-refractivity contribution < 1.29 is 18.3 Å². The summed E-state index contributed by atoms with van der Waals surface area (Å²) in [6.07, 6.45) is 2.48. The Morgan fingerprint density at radius 1 is 0.938 bits per heavy atom. The van der Waals surface area contributed by atoms with E-state index in [1.54, 1.807) is 0 Å². The van der Waals surface area contributed by atoms with Crippen molar-refractivity contribution in [2.75, 3.05) is 32.8 Å². The number of hydrogen-bond acceptors (Lipinski definition) is 4. The van der Waals surface area contributed by atoms with Crippen molar-refractivity contribution in [2.24, 2.45) is 0 Å². The third-order valence-corrected chi connectivity index (χ3v) is 7.72. The Labute approximate surface area is 191 Å². The van der Waals surface area contributed by atoms with E-state index in [1.807, 2.05) is 0 Å². The lowest BCUT2D eigenvalue weighted by Crippen LogP contribution is -2.47. The van der Waals surface area contributed by atoms with Crippen LogP contribution in [0.4, 0.5) is 8.78 Å². The number of rotatable bonds is 8. The molecule has 4 aliphatic rings. The highest BCUT2D eigenvalue weighted by Gasteiger charge is 2.53. The molecule has 4 nitrogen and oxygen atoms in total. The van der Waals surface area contributed by atoms with Crippen molar-refractivity contribution in [1.29, 1.82) is 0 Å². The van der Waals surface area contributed by atoms with Crippen molar-refractivity contribution in [2.45, 2.75) is 82.2 Å². The van der Waals surface area contributed by atoms with Gasteiger partial charge in [-0.2, -0.15) is 8.78 Å². The van der Waals surface area contributed by atoms with Gasteiger partial charge in [-0.3, -0.25) is 9.80 Å². The zero-order valence-electron chi connectivity index (χ0n) is 19.9. The molecular weight excluding hydrogens is 410 g/mol. The Morgan fingerprint density at radius 3 is 2.28 bits per heavy atom. The SMILES string of the molecule is C=C1CN2CC(=C(F)F)CC2(COC(C)CC2C(=C)CC3(COC(C)C)CC(=C)CN23)C1. The molecule has 4 saturated heterocycles. The van der Waals surface area contributed by atoms with Gasteiger partial charge in [0, 0.05) is 31.2 Å². The zero-order chi connectivity index (χ0) is 23.3. The minimum absolute atomic E-state index is 0.000718. The molecule has 4 unspecified atom stereocenters. The first-order valence-electron chi connectivity index (χ1n) is 11.8. The Balaban J connectivity index is 1.40. The molecule has 0 spiro atoms. The molecule has 4 heterocycles. The maximum absolute atomic E-state index is 13.3. The Kier molecular flexibility index (Phi) is 6.54. The largest absolute Gasteiger partial charge is 0.377 e. The van der Waals surface area contributed by atoms with E-state index in [0.29, 0.717) is 32.7 Å². The average Bonchev–Trinajstić information content (AvgIpc) is 3.35. The molecule has 0 aliphatic carbocycles. The minimum atomic E-state index is -1.53. The van der Waals surface area contributed by atoms with Gasteiger partial charge < -0.3 is 9.47 Å². The van der Waals surface area contributed by atoms with Crippen molar-refractivity contribution >= 4 is 0 Å². The highest BCUT2D eigenvalue weighted by atomic mass is 19.3. The summed E-state index contributed by atoms with van der Waals surface area (Å²) in [7, 11) is 0. The van der Waals surface area contributed by atoms with Crippen LogP contribution >= 0.6 is 0 Å². The lowest BCUT2D eigenvalue weighted by Gasteiger charge is -2.36. The zero-order valence-corrected chi connectivity index (χ0v) is 19.9. The molecule has 0 amide bonds. The van der Waals surface area contributed by atoms with Gasteiger partial charge in [-0.25, -0.2) is 0 Å². The molecule has 4 atom stereocenters. The molecule has 178 valence electrons. The van der Waals surface area contributed by atoms with Crippen LogP contribution in [0.25, 0.3) is 0 Å². The first-order valence-corrected chi connectivity index (χ1v) is 11.8. The molecule has 0 aromatic carbocycles. The fraction of sp³-hybridized carbons (Fsp3) is 0.692. The highest BCUT2D eigenvalue weighted by molar-refractivity contribution is 5.31. The molecule has 0 saturated carbocycles. The maximum Gasteiger partial charge on any atom is 0.270 e. The van der Waals surface area contributed by atoms with E-state index in [0.717, 1.165) is 37.8 Å². The summed E-state index contributed by atoms with van der Waals surface area (Å²) in [5.41, 5.74) is 3.44. The fourth-order valence-electron chi connectivity index (χ4n) is 6.35. The first kappa shape index (κ1) is 23.8. The van der Waals surface area contributed by atoms with E-state index >= 15 is 0 Å². The van der Waals surface area contributed by atoms with Crippen LogP contribution in [-0.2, 0) is 9.47 Å². The first-order chi connectivity index (χ1) is 15.0. The predicted octanol–water partition coefficient (Wildman–Crippen LogP) is 5.09. The van der Waals surface area contributed by atoms with Crippen molar-refractivity contribution in [3.05, 3.63) is 48.1 Å². The Hall–Kier alpha value is -1.34. The second-order valence-electron chi connectivity index (χ2n) is 10.9. The molecule has 4 fully saturated rings. The van der Waals surface area contributed by atoms with Crippen LogP contribution in [0.15, 0.2) is 48.1 Å². The van der Waals surface area contributed by atoms with Crippen LogP contribution in [0.5, 0.6) is 0 Å². The van der Waals surface area contributed by atoms with Gasteiger partial charge in [0.25, 0.3) is 6.08 Å². The van der Waals surface area contributed by atoms with Gasteiger partial charge in [-0.05, 0) is 52.9 Å². The Bertz CT molecular complexity index is 834. The van der Waals surface area contributed by atoms with Gasteiger partial charge in [0.2, 0.25) is 0 Å². The van der Waals surface area contributed by atoms with E-state index in [4.69, 9.17) is 9.47 Å². The number of hydrogen-bond donors (Lipinski definition) is 0. The minimum Gasteiger partial charge on any atom is -0.377 e. The topological polar surface area (TPSA) is 24.9 Å². The van der Waals surface area contributed by atoms with E-state index in [1.165, 1.54) is 11.1 Å². The predicted molar refractivity (Wildman–Crippen MR) is 124 cm³/mol. The van der Waals surface area contributed by atoms with E-state index in [2.05, 4.69) is 50.3 Å². The molecule has 6 heteroatoms. The molecule has 32 heavy (non-hydrogen) atoms. The van der Waals surface area contributed by atoms with Gasteiger partial charge in [-0.1, -0.05) is 36.5 Å². The van der Waals surface area contributed by atoms with Crippen LogP contribution in [0, 0.1) is 0 Å². The van der Waals surface area contributed by atoms with E-state index in [9.17, 15) is 8.78 Å². The summed E-state index contributed by atoms with van der Waals surface area (Å²) < 4.78 is 39.0. The average molecular weight is 449 g/mol. The molecule has 0 bridgehead atoms. The molecule has 0 aromatic heterocycles. The fourth-order valence-corrected chi connectivity index (χ4v) is 6.35. The third kappa shape index (κ3) is 4.39. The summed E-state index contributed by atoms with van der Waals surface area (Å²) in [6.45, 7) is 22.0. The highest BCUT2D eigenvalue weighted by Crippen LogP contribution is 2.48. The summed E-state index contributed by atoms with van der Waals surface area (Å²) in [6, 6.07) is 0.231. The summed E-state index contributed by atoms with van der Waals surface area (Å²) in [5.74, 6) is 0. The van der Waals surface area contributed by atoms with Crippen molar-refractivity contribution in [3.8, 4) is 0 Å². The maximum atomic E-state index is 13.3. The van der Waals surface area contributed by atoms with Gasteiger partial charge in [0.15, 0.2) is 0 Å². The van der Waals surface area contributed by atoms with Crippen LogP contribution in [0.1, 0.15) is 52.9 Å². The quantitative estimate of drug-likeness (QED) is 0.483. The monoisotopic (exact) mass is 448 g/mol. The van der Waals surface area contributed by atoms with Crippen molar-refractivity contribution in [3.63, 3.8) is 0 Å². The van der Waals surface area contributed by atoms with Gasteiger partial charge in [0.1, 0.15) is 0 Å². The van der Waals surface area contributed by atoms with Crippen LogP contribution in [-0.4, -0.2) is 72.0 Å². The number of halogens is 2. The standard InChI is InChI=1S/C26H38F2N2O2/c1-17(2)31-16-26-9-19(4)13-30(26)23(20(5)10-26)7-21(6)32-15-25-8-18(3)12-29(25)14-22(11-25)24(27)28/h17,21,23H,3-5,7-16H2,1-2,6H3. The molecule has 0 aromatic rings. The number of fused-ring (bicyclic) bond motifs is 2. The summed E-state index contributed by atoms with van der Waals surface area (Å²) in [4.78, 5) is 4.65. The van der Waals surface area contributed by atoms with Crippen LogP contribution in [0.2, 0.25) is 0 Å². The molecule has 4 aliphatic heterocycles. The summed E-state index contributed by atoms with van der Waals surface area (Å²) >= 11 is 0. The molecule has 4 rings (SSSR count). The number of ether oxygens (including phenoxy) is 2. The van der Waals surface area contributed by atoms with Crippen LogP contribution < -0.4 is 0 Å². The van der Waals surface area contributed by atoms with Crippen LogP contribution in [0.3, 0.4) is 0 Å². The lowest BCUT2D eigenvalue weighted by atomic mass is 9.91. The molecular formula is C26H38F2N2O2. The van der Waals surface area contributed by atoms with E-state index in [-0.39, 0.29) is 34.9 Å². The van der Waals surface area contributed by atoms with Gasteiger partial charge >= 0.3 is 0 Å². The molecule has 0 N–H and O–H groups in total. The van der Waals surface area contributed by atoms with Gasteiger partial charge in [-0.15, -0.1) is 0 Å². The smallest absolute Gasteiger partial charge is 0.270 e. The third-order valence-electron chi connectivity index (χ3n) is 7.72.